The molecule has 0 amide bonds. The number of benzene rings is 2. The molecular formula is C15H12F4O2. The summed E-state index contributed by atoms with van der Waals surface area (Å²) in [6, 6.07) is 5.47. The highest BCUT2D eigenvalue weighted by Crippen LogP contribution is 2.24. The molecular weight excluding hydrogens is 288 g/mol. The first-order valence-electron chi connectivity index (χ1n) is 6.07. The summed E-state index contributed by atoms with van der Waals surface area (Å²) in [6.07, 6.45) is -1.37. The van der Waals surface area contributed by atoms with Crippen LogP contribution in [0.15, 0.2) is 30.3 Å². The summed E-state index contributed by atoms with van der Waals surface area (Å²) in [5.41, 5.74) is 0.286. The van der Waals surface area contributed by atoms with E-state index in [1.165, 1.54) is 19.2 Å². The van der Waals surface area contributed by atoms with Crippen LogP contribution in [0.5, 0.6) is 5.75 Å². The minimum absolute atomic E-state index is 0.0483. The third-order valence-corrected chi connectivity index (χ3v) is 3.04. The number of aliphatic hydroxyl groups is 1. The maximum Gasteiger partial charge on any atom is 0.194 e. The molecule has 0 spiro atoms. The molecule has 0 saturated carbocycles. The predicted octanol–water partition coefficient (Wildman–Crippen LogP) is 3.53. The Balaban J connectivity index is 2.21. The van der Waals surface area contributed by atoms with Gasteiger partial charge in [-0.25, -0.2) is 17.6 Å². The van der Waals surface area contributed by atoms with Crippen molar-refractivity contribution in [3.63, 3.8) is 0 Å². The molecule has 6 heteroatoms. The molecule has 2 nitrogen and oxygen atoms in total. The van der Waals surface area contributed by atoms with Crippen molar-refractivity contribution in [3.05, 3.63) is 64.7 Å². The van der Waals surface area contributed by atoms with Crippen LogP contribution in [0.4, 0.5) is 17.6 Å². The number of aliphatic hydroxyl groups excluding tert-OH is 1. The predicted molar refractivity (Wildman–Crippen MR) is 67.9 cm³/mol. The van der Waals surface area contributed by atoms with Crippen LogP contribution in [0, 0.1) is 23.3 Å². The number of ether oxygens (including phenoxy) is 1. The molecule has 0 radical (unpaired) electrons. The number of hydrogen-bond donors (Lipinski definition) is 1. The molecule has 0 heterocycles. The lowest BCUT2D eigenvalue weighted by Gasteiger charge is -2.12. The van der Waals surface area contributed by atoms with Gasteiger partial charge in [0.25, 0.3) is 0 Å². The minimum atomic E-state index is -1.60. The Morgan fingerprint density at radius 2 is 1.62 bits per heavy atom. The van der Waals surface area contributed by atoms with Gasteiger partial charge in [0.2, 0.25) is 0 Å². The SMILES string of the molecule is COc1ccc(CC(O)c2cc(F)c(F)c(F)c2)cc1F. The minimum Gasteiger partial charge on any atom is -0.494 e. The van der Waals surface area contributed by atoms with Gasteiger partial charge in [0, 0.05) is 6.42 Å². The second kappa shape index (κ2) is 6.13. The van der Waals surface area contributed by atoms with Gasteiger partial charge < -0.3 is 9.84 Å². The van der Waals surface area contributed by atoms with E-state index in [0.29, 0.717) is 17.7 Å². The highest BCUT2D eigenvalue weighted by molar-refractivity contribution is 5.31. The van der Waals surface area contributed by atoms with Crippen LogP contribution in [0.3, 0.4) is 0 Å². The summed E-state index contributed by atoms with van der Waals surface area (Å²) < 4.78 is 57.3. The molecule has 1 N–H and O–H groups in total. The topological polar surface area (TPSA) is 29.5 Å². The molecule has 2 aromatic carbocycles. The van der Waals surface area contributed by atoms with Gasteiger partial charge in [0.1, 0.15) is 0 Å². The maximum absolute atomic E-state index is 13.5. The number of halogens is 4. The van der Waals surface area contributed by atoms with Crippen LogP contribution in [-0.2, 0) is 6.42 Å². The standard InChI is InChI=1S/C15H12F4O2/c1-21-14-3-2-8(4-10(14)16)5-13(20)9-6-11(17)15(19)12(18)7-9/h2-4,6-7,13,20H,5H2,1H3. The van der Waals surface area contributed by atoms with Crippen molar-refractivity contribution in [2.24, 2.45) is 0 Å². The zero-order valence-electron chi connectivity index (χ0n) is 11.0. The fourth-order valence-corrected chi connectivity index (χ4v) is 1.95. The van der Waals surface area contributed by atoms with Gasteiger partial charge >= 0.3 is 0 Å². The summed E-state index contributed by atoms with van der Waals surface area (Å²) >= 11 is 0. The smallest absolute Gasteiger partial charge is 0.194 e. The Kier molecular flexibility index (Phi) is 4.47. The molecule has 0 aromatic heterocycles. The van der Waals surface area contributed by atoms with Crippen LogP contribution >= 0.6 is 0 Å². The Morgan fingerprint density at radius 1 is 1.00 bits per heavy atom. The largest absolute Gasteiger partial charge is 0.494 e. The van der Waals surface area contributed by atoms with E-state index in [2.05, 4.69) is 0 Å². The van der Waals surface area contributed by atoms with Crippen molar-refractivity contribution in [2.45, 2.75) is 12.5 Å². The van der Waals surface area contributed by atoms with E-state index in [-0.39, 0.29) is 17.7 Å². The van der Waals surface area contributed by atoms with Gasteiger partial charge in [-0.15, -0.1) is 0 Å². The van der Waals surface area contributed by atoms with Crippen molar-refractivity contribution in [1.82, 2.24) is 0 Å². The number of hydrogen-bond acceptors (Lipinski definition) is 2. The maximum atomic E-state index is 13.5. The van der Waals surface area contributed by atoms with Gasteiger partial charge in [-0.05, 0) is 35.4 Å². The second-order valence-corrected chi connectivity index (χ2v) is 4.49. The average Bonchev–Trinajstić information content (AvgIpc) is 2.44. The summed E-state index contributed by atoms with van der Waals surface area (Å²) in [4.78, 5) is 0. The summed E-state index contributed by atoms with van der Waals surface area (Å²) in [6.45, 7) is 0. The number of rotatable bonds is 4. The van der Waals surface area contributed by atoms with Crippen LogP contribution in [0.25, 0.3) is 0 Å². The van der Waals surface area contributed by atoms with Gasteiger partial charge in [-0.2, -0.15) is 0 Å². The fraction of sp³-hybridized carbons (Fsp3) is 0.200. The van der Waals surface area contributed by atoms with Crippen molar-refractivity contribution < 1.29 is 27.4 Å². The molecule has 0 bridgehead atoms. The van der Waals surface area contributed by atoms with Crippen molar-refractivity contribution >= 4 is 0 Å². The summed E-state index contributed by atoms with van der Waals surface area (Å²) in [5, 5.41) is 9.92. The molecule has 0 fully saturated rings. The van der Waals surface area contributed by atoms with E-state index < -0.39 is 29.4 Å². The van der Waals surface area contributed by atoms with Crippen molar-refractivity contribution in [1.29, 1.82) is 0 Å². The summed E-state index contributed by atoms with van der Waals surface area (Å²) in [7, 11) is 1.32. The molecule has 1 atom stereocenters. The zero-order valence-corrected chi connectivity index (χ0v) is 11.0. The van der Waals surface area contributed by atoms with Crippen molar-refractivity contribution in [3.8, 4) is 5.75 Å². The Labute approximate surface area is 118 Å². The lowest BCUT2D eigenvalue weighted by Crippen LogP contribution is -2.05. The Hall–Kier alpha value is -2.08. The molecule has 21 heavy (non-hydrogen) atoms. The first-order chi connectivity index (χ1) is 9.92. The first kappa shape index (κ1) is 15.3. The van der Waals surface area contributed by atoms with Crippen molar-refractivity contribution in [2.75, 3.05) is 7.11 Å². The Bertz CT molecular complexity index is 635. The lowest BCUT2D eigenvalue weighted by molar-refractivity contribution is 0.177. The molecule has 2 rings (SSSR count). The van der Waals surface area contributed by atoms with E-state index in [4.69, 9.17) is 4.74 Å². The molecule has 0 aliphatic rings. The van der Waals surface area contributed by atoms with Crippen LogP contribution in [-0.4, -0.2) is 12.2 Å². The third kappa shape index (κ3) is 3.33. The van der Waals surface area contributed by atoms with Gasteiger partial charge in [0.05, 0.1) is 13.2 Å². The van der Waals surface area contributed by atoms with Crippen LogP contribution in [0.2, 0.25) is 0 Å². The van der Waals surface area contributed by atoms with E-state index in [9.17, 15) is 22.7 Å². The zero-order chi connectivity index (χ0) is 15.6. The second-order valence-electron chi connectivity index (χ2n) is 4.49. The van der Waals surface area contributed by atoms with Crippen LogP contribution < -0.4 is 4.74 Å². The van der Waals surface area contributed by atoms with E-state index in [1.54, 1.807) is 0 Å². The lowest BCUT2D eigenvalue weighted by atomic mass is 10.0. The highest BCUT2D eigenvalue weighted by Gasteiger charge is 2.16. The monoisotopic (exact) mass is 300 g/mol. The average molecular weight is 300 g/mol. The van der Waals surface area contributed by atoms with E-state index in [1.807, 2.05) is 0 Å². The quantitative estimate of drug-likeness (QED) is 0.691. The normalized spacial score (nSPS) is 12.3. The molecule has 2 aromatic rings. The van der Waals surface area contributed by atoms with Gasteiger partial charge in [0.15, 0.2) is 29.0 Å². The molecule has 0 aliphatic carbocycles. The first-order valence-corrected chi connectivity index (χ1v) is 6.07. The Morgan fingerprint density at radius 3 is 2.14 bits per heavy atom. The molecule has 1 unspecified atom stereocenters. The van der Waals surface area contributed by atoms with Gasteiger partial charge in [-0.1, -0.05) is 6.07 Å². The molecule has 0 saturated heterocycles. The van der Waals surface area contributed by atoms with Crippen LogP contribution in [0.1, 0.15) is 17.2 Å². The highest BCUT2D eigenvalue weighted by atomic mass is 19.2. The van der Waals surface area contributed by atoms with E-state index >= 15 is 0 Å². The summed E-state index contributed by atoms with van der Waals surface area (Å²) in [5.74, 6) is -4.93. The number of methoxy groups -OCH3 is 1. The molecule has 0 aliphatic heterocycles. The third-order valence-electron chi connectivity index (χ3n) is 3.04. The molecule has 112 valence electrons. The fourth-order valence-electron chi connectivity index (χ4n) is 1.95. The van der Waals surface area contributed by atoms with E-state index in [0.717, 1.165) is 6.07 Å². The van der Waals surface area contributed by atoms with Gasteiger partial charge in [-0.3, -0.25) is 0 Å².